The number of rotatable bonds is 4. The highest BCUT2D eigenvalue weighted by Gasteiger charge is 2.07. The van der Waals surface area contributed by atoms with Crippen LogP contribution in [0.15, 0.2) is 18.2 Å². The Bertz CT molecular complexity index is 304. The summed E-state index contributed by atoms with van der Waals surface area (Å²) in [5.74, 6) is 0.0474. The molecule has 0 saturated heterocycles. The molecule has 0 radical (unpaired) electrons. The van der Waals surface area contributed by atoms with Crippen LogP contribution < -0.4 is 4.74 Å². The number of ether oxygens (including phenoxy) is 1. The zero-order valence-electron chi connectivity index (χ0n) is 7.84. The first-order valence-electron chi connectivity index (χ1n) is 4.36. The third kappa shape index (κ3) is 3.16. The summed E-state index contributed by atoms with van der Waals surface area (Å²) in [6, 6.07) is 3.96. The second-order valence-corrected chi connectivity index (χ2v) is 3.42. The van der Waals surface area contributed by atoms with E-state index in [1.54, 1.807) is 0 Å². The van der Waals surface area contributed by atoms with Crippen LogP contribution in [0.2, 0.25) is 5.02 Å². The van der Waals surface area contributed by atoms with Crippen molar-refractivity contribution in [3.8, 4) is 5.75 Å². The van der Waals surface area contributed by atoms with Crippen LogP contribution in [-0.4, -0.2) is 17.8 Å². The highest BCUT2D eigenvalue weighted by Crippen LogP contribution is 2.26. The minimum atomic E-state index is -0.392. The first kappa shape index (κ1) is 11.3. The molecule has 4 heteroatoms. The first-order valence-corrected chi connectivity index (χ1v) is 4.74. The average molecular weight is 219 g/mol. The summed E-state index contributed by atoms with van der Waals surface area (Å²) in [6.45, 7) is 1.87. The summed E-state index contributed by atoms with van der Waals surface area (Å²) < 4.78 is 18.0. The number of hydrogen-bond donors (Lipinski definition) is 1. The molecule has 1 N–H and O–H groups in total. The molecule has 1 aromatic carbocycles. The van der Waals surface area contributed by atoms with Crippen LogP contribution in [0.5, 0.6) is 5.75 Å². The maximum absolute atomic E-state index is 12.7. The summed E-state index contributed by atoms with van der Waals surface area (Å²) in [5.41, 5.74) is 0. The highest BCUT2D eigenvalue weighted by atomic mass is 35.5. The standard InChI is InChI=1S/C10H12ClFO2/c1-7(4-5-13)14-10-3-2-8(12)6-9(10)11/h2-3,6-7,13H,4-5H2,1H3. The van der Waals surface area contributed by atoms with E-state index in [1.165, 1.54) is 18.2 Å². The van der Waals surface area contributed by atoms with E-state index >= 15 is 0 Å². The van der Waals surface area contributed by atoms with E-state index in [2.05, 4.69) is 0 Å². The van der Waals surface area contributed by atoms with Crippen LogP contribution in [0.1, 0.15) is 13.3 Å². The van der Waals surface area contributed by atoms with Gasteiger partial charge in [0.2, 0.25) is 0 Å². The summed E-state index contributed by atoms with van der Waals surface area (Å²) >= 11 is 5.75. The number of halogens is 2. The Hall–Kier alpha value is -0.800. The number of aliphatic hydroxyl groups excluding tert-OH is 1. The molecule has 2 nitrogen and oxygen atoms in total. The van der Waals surface area contributed by atoms with Crippen LogP contribution >= 0.6 is 11.6 Å². The number of hydrogen-bond acceptors (Lipinski definition) is 2. The predicted molar refractivity (Wildman–Crippen MR) is 53.2 cm³/mol. The minimum absolute atomic E-state index is 0.0555. The molecule has 14 heavy (non-hydrogen) atoms. The van der Waals surface area contributed by atoms with Crippen molar-refractivity contribution in [1.29, 1.82) is 0 Å². The Morgan fingerprint density at radius 2 is 2.29 bits per heavy atom. The summed E-state index contributed by atoms with van der Waals surface area (Å²) in [4.78, 5) is 0. The van der Waals surface area contributed by atoms with Gasteiger partial charge >= 0.3 is 0 Å². The largest absolute Gasteiger partial charge is 0.489 e. The molecule has 78 valence electrons. The molecular weight excluding hydrogens is 207 g/mol. The van der Waals surface area contributed by atoms with Crippen molar-refractivity contribution in [1.82, 2.24) is 0 Å². The fourth-order valence-corrected chi connectivity index (χ4v) is 1.24. The maximum atomic E-state index is 12.7. The third-order valence-electron chi connectivity index (χ3n) is 1.76. The van der Waals surface area contributed by atoms with Crippen LogP contribution in [0.3, 0.4) is 0 Å². The van der Waals surface area contributed by atoms with Crippen LogP contribution in [0, 0.1) is 5.82 Å². The van der Waals surface area contributed by atoms with Gasteiger partial charge in [-0.3, -0.25) is 0 Å². The lowest BCUT2D eigenvalue weighted by Crippen LogP contribution is -2.13. The molecule has 0 bridgehead atoms. The first-order chi connectivity index (χ1) is 6.63. The molecule has 0 heterocycles. The number of benzene rings is 1. The normalized spacial score (nSPS) is 12.6. The van der Waals surface area contributed by atoms with Crippen molar-refractivity contribution >= 4 is 11.6 Å². The Morgan fingerprint density at radius 1 is 1.57 bits per heavy atom. The molecular formula is C10H12ClFO2. The Balaban J connectivity index is 2.67. The molecule has 0 spiro atoms. The molecule has 0 aliphatic heterocycles. The van der Waals surface area contributed by atoms with Gasteiger partial charge in [-0.05, 0) is 25.1 Å². The van der Waals surface area contributed by atoms with Crippen molar-refractivity contribution < 1.29 is 14.2 Å². The fraction of sp³-hybridized carbons (Fsp3) is 0.400. The highest BCUT2D eigenvalue weighted by molar-refractivity contribution is 6.32. The number of aliphatic hydroxyl groups is 1. The summed E-state index contributed by atoms with van der Waals surface area (Å²) in [5, 5.41) is 8.90. The minimum Gasteiger partial charge on any atom is -0.489 e. The van der Waals surface area contributed by atoms with Crippen LogP contribution in [-0.2, 0) is 0 Å². The van der Waals surface area contributed by atoms with Crippen molar-refractivity contribution in [3.05, 3.63) is 29.0 Å². The maximum Gasteiger partial charge on any atom is 0.138 e. The quantitative estimate of drug-likeness (QED) is 0.842. The van der Waals surface area contributed by atoms with Crippen LogP contribution in [0.25, 0.3) is 0 Å². The van der Waals surface area contributed by atoms with Gasteiger partial charge in [0.25, 0.3) is 0 Å². The third-order valence-corrected chi connectivity index (χ3v) is 2.05. The zero-order chi connectivity index (χ0) is 10.6. The van der Waals surface area contributed by atoms with Crippen molar-refractivity contribution in [3.63, 3.8) is 0 Å². The molecule has 0 aliphatic carbocycles. The SMILES string of the molecule is CC(CCO)Oc1ccc(F)cc1Cl. The molecule has 1 unspecified atom stereocenters. The molecule has 0 fully saturated rings. The van der Waals surface area contributed by atoms with Gasteiger partial charge in [-0.25, -0.2) is 4.39 Å². The second kappa shape index (κ2) is 5.17. The van der Waals surface area contributed by atoms with E-state index in [-0.39, 0.29) is 17.7 Å². The fourth-order valence-electron chi connectivity index (χ4n) is 1.03. The zero-order valence-corrected chi connectivity index (χ0v) is 8.59. The van der Waals surface area contributed by atoms with E-state index in [0.717, 1.165) is 0 Å². The Morgan fingerprint density at radius 3 is 2.86 bits per heavy atom. The van der Waals surface area contributed by atoms with Crippen LogP contribution in [0.4, 0.5) is 4.39 Å². The lowest BCUT2D eigenvalue weighted by atomic mass is 10.3. The van der Waals surface area contributed by atoms with Gasteiger partial charge in [0.15, 0.2) is 0 Å². The van der Waals surface area contributed by atoms with Gasteiger partial charge in [-0.1, -0.05) is 11.6 Å². The second-order valence-electron chi connectivity index (χ2n) is 3.02. The predicted octanol–water partition coefficient (Wildman–Crippen LogP) is 2.63. The topological polar surface area (TPSA) is 29.5 Å². The smallest absolute Gasteiger partial charge is 0.138 e. The van der Waals surface area contributed by atoms with Gasteiger partial charge < -0.3 is 9.84 Å². The van der Waals surface area contributed by atoms with E-state index < -0.39 is 5.82 Å². The van der Waals surface area contributed by atoms with Crippen molar-refractivity contribution in [2.45, 2.75) is 19.4 Å². The van der Waals surface area contributed by atoms with Gasteiger partial charge in [-0.2, -0.15) is 0 Å². The van der Waals surface area contributed by atoms with E-state index in [1.807, 2.05) is 6.92 Å². The lowest BCUT2D eigenvalue weighted by Gasteiger charge is -2.14. The molecule has 1 rings (SSSR count). The molecule has 1 atom stereocenters. The molecule has 1 aromatic rings. The Labute approximate surface area is 87.3 Å². The van der Waals surface area contributed by atoms with Gasteiger partial charge in [0, 0.05) is 13.0 Å². The lowest BCUT2D eigenvalue weighted by molar-refractivity contribution is 0.169. The van der Waals surface area contributed by atoms with Crippen molar-refractivity contribution in [2.75, 3.05) is 6.61 Å². The summed E-state index contributed by atoms with van der Waals surface area (Å²) in [6.07, 6.45) is 0.385. The Kier molecular flexibility index (Phi) is 4.17. The molecule has 0 aromatic heterocycles. The average Bonchev–Trinajstić information content (AvgIpc) is 2.10. The molecule has 0 amide bonds. The molecule has 0 aliphatic rings. The van der Waals surface area contributed by atoms with Crippen molar-refractivity contribution in [2.24, 2.45) is 0 Å². The monoisotopic (exact) mass is 218 g/mol. The summed E-state index contributed by atoms with van der Waals surface area (Å²) in [7, 11) is 0. The van der Waals surface area contributed by atoms with Gasteiger partial charge in [0.1, 0.15) is 11.6 Å². The van der Waals surface area contributed by atoms with E-state index in [0.29, 0.717) is 12.2 Å². The van der Waals surface area contributed by atoms with Gasteiger partial charge in [0.05, 0.1) is 11.1 Å². The molecule has 0 saturated carbocycles. The van der Waals surface area contributed by atoms with E-state index in [9.17, 15) is 4.39 Å². The van der Waals surface area contributed by atoms with E-state index in [4.69, 9.17) is 21.4 Å². The van der Waals surface area contributed by atoms with Gasteiger partial charge in [-0.15, -0.1) is 0 Å².